The van der Waals surface area contributed by atoms with Gasteiger partial charge in [0.15, 0.2) is 0 Å². The molecular formula is C20H19Cl3N2S. The van der Waals surface area contributed by atoms with Crippen LogP contribution < -0.4 is 0 Å². The van der Waals surface area contributed by atoms with Crippen LogP contribution in [0.1, 0.15) is 18.4 Å². The summed E-state index contributed by atoms with van der Waals surface area (Å²) in [5, 5.41) is 2.65. The molecule has 0 aliphatic carbocycles. The number of nitrogens with zero attached hydrogens (tertiary/aromatic N) is 2. The van der Waals surface area contributed by atoms with Gasteiger partial charge in [-0.05, 0) is 55.2 Å². The van der Waals surface area contributed by atoms with Crippen LogP contribution in [-0.4, -0.2) is 14.8 Å². The van der Waals surface area contributed by atoms with E-state index in [1.165, 1.54) is 5.56 Å². The van der Waals surface area contributed by atoms with Crippen molar-refractivity contribution in [1.29, 1.82) is 0 Å². The van der Waals surface area contributed by atoms with Gasteiger partial charge >= 0.3 is 0 Å². The summed E-state index contributed by atoms with van der Waals surface area (Å²) in [7, 11) is 0. The van der Waals surface area contributed by atoms with Crippen molar-refractivity contribution in [2.45, 2.75) is 36.0 Å². The van der Waals surface area contributed by atoms with Gasteiger partial charge in [0.2, 0.25) is 0 Å². The Kier molecular flexibility index (Phi) is 7.32. The monoisotopic (exact) mass is 424 g/mol. The molecule has 1 unspecified atom stereocenters. The molecule has 1 atom stereocenters. The molecule has 26 heavy (non-hydrogen) atoms. The van der Waals surface area contributed by atoms with Crippen LogP contribution in [0.25, 0.3) is 0 Å². The average Bonchev–Trinajstić information content (AvgIpc) is 3.15. The Labute approximate surface area is 173 Å². The highest BCUT2D eigenvalue weighted by atomic mass is 35.5. The Morgan fingerprint density at radius 1 is 0.962 bits per heavy atom. The number of imidazole rings is 1. The van der Waals surface area contributed by atoms with Gasteiger partial charge in [-0.3, -0.25) is 0 Å². The van der Waals surface area contributed by atoms with Crippen molar-refractivity contribution < 1.29 is 0 Å². The Balaban J connectivity index is 1.67. The Bertz CT molecular complexity index is 820. The Morgan fingerprint density at radius 3 is 2.46 bits per heavy atom. The zero-order chi connectivity index (χ0) is 18.4. The first-order chi connectivity index (χ1) is 12.6. The van der Waals surface area contributed by atoms with Crippen LogP contribution in [-0.2, 0) is 13.0 Å². The maximum atomic E-state index is 6.37. The minimum absolute atomic E-state index is 0.420. The van der Waals surface area contributed by atoms with Gasteiger partial charge in [-0.2, -0.15) is 0 Å². The maximum absolute atomic E-state index is 6.37. The molecule has 0 aliphatic rings. The number of halogens is 3. The number of rotatable bonds is 8. The van der Waals surface area contributed by atoms with Crippen molar-refractivity contribution >= 4 is 46.6 Å². The van der Waals surface area contributed by atoms with E-state index in [1.54, 1.807) is 11.8 Å². The summed E-state index contributed by atoms with van der Waals surface area (Å²) in [4.78, 5) is 5.15. The van der Waals surface area contributed by atoms with Crippen LogP contribution in [0.15, 0.2) is 66.1 Å². The lowest BCUT2D eigenvalue weighted by molar-refractivity contribution is 0.598. The van der Waals surface area contributed by atoms with E-state index in [2.05, 4.69) is 21.7 Å². The number of thioether (sulfide) groups is 1. The molecule has 1 heterocycles. The van der Waals surface area contributed by atoms with E-state index in [-0.39, 0.29) is 0 Å². The molecular weight excluding hydrogens is 407 g/mol. The first-order valence-corrected chi connectivity index (χ1v) is 10.4. The highest BCUT2D eigenvalue weighted by Crippen LogP contribution is 2.35. The normalized spacial score (nSPS) is 12.3. The highest BCUT2D eigenvalue weighted by molar-refractivity contribution is 8.00. The van der Waals surface area contributed by atoms with E-state index in [0.717, 1.165) is 40.7 Å². The van der Waals surface area contributed by atoms with Gasteiger partial charge in [0.25, 0.3) is 0 Å². The first kappa shape index (κ1) is 19.6. The molecule has 0 saturated heterocycles. The quantitative estimate of drug-likeness (QED) is 0.361. The molecule has 2 nitrogen and oxygen atoms in total. The lowest BCUT2D eigenvalue weighted by atomic mass is 10.1. The largest absolute Gasteiger partial charge is 0.337 e. The summed E-state index contributed by atoms with van der Waals surface area (Å²) in [6, 6.07) is 13.7. The van der Waals surface area contributed by atoms with Crippen molar-refractivity contribution in [3.05, 3.63) is 81.8 Å². The number of hydrogen-bond donors (Lipinski definition) is 0. The third-order valence-electron chi connectivity index (χ3n) is 4.12. The summed E-state index contributed by atoms with van der Waals surface area (Å²) in [6.07, 6.45) is 8.72. The van der Waals surface area contributed by atoms with Crippen molar-refractivity contribution in [1.82, 2.24) is 9.55 Å². The topological polar surface area (TPSA) is 17.8 Å². The van der Waals surface area contributed by atoms with Crippen LogP contribution in [0.4, 0.5) is 0 Å². The molecule has 0 fully saturated rings. The van der Waals surface area contributed by atoms with E-state index in [4.69, 9.17) is 34.8 Å². The molecule has 6 heteroatoms. The zero-order valence-electron chi connectivity index (χ0n) is 14.1. The molecule has 0 N–H and O–H groups in total. The van der Waals surface area contributed by atoms with Gasteiger partial charge < -0.3 is 4.57 Å². The second kappa shape index (κ2) is 9.70. The van der Waals surface area contributed by atoms with Gasteiger partial charge in [0.1, 0.15) is 0 Å². The van der Waals surface area contributed by atoms with E-state index < -0.39 is 0 Å². The molecule has 0 spiro atoms. The molecule has 1 aromatic heterocycles. The van der Waals surface area contributed by atoms with E-state index in [9.17, 15) is 0 Å². The van der Waals surface area contributed by atoms with Crippen LogP contribution in [0.2, 0.25) is 15.1 Å². The lowest BCUT2D eigenvalue weighted by Gasteiger charge is -2.18. The van der Waals surface area contributed by atoms with Gasteiger partial charge in [-0.25, -0.2) is 4.98 Å². The van der Waals surface area contributed by atoms with E-state index in [0.29, 0.717) is 10.3 Å². The number of aryl methyl sites for hydroxylation is 2. The number of hydrogen-bond acceptors (Lipinski definition) is 2. The number of aromatic nitrogens is 2. The van der Waals surface area contributed by atoms with Crippen molar-refractivity contribution in [2.24, 2.45) is 0 Å². The molecule has 0 saturated carbocycles. The van der Waals surface area contributed by atoms with Gasteiger partial charge in [-0.15, -0.1) is 11.8 Å². The van der Waals surface area contributed by atoms with Gasteiger partial charge in [-0.1, -0.05) is 46.9 Å². The summed E-state index contributed by atoms with van der Waals surface area (Å²) in [6.45, 7) is 0.927. The third kappa shape index (κ3) is 5.95. The lowest BCUT2D eigenvalue weighted by Crippen LogP contribution is -2.09. The van der Waals surface area contributed by atoms with Crippen molar-refractivity contribution in [3.8, 4) is 0 Å². The average molecular weight is 426 g/mol. The fourth-order valence-electron chi connectivity index (χ4n) is 2.70. The minimum Gasteiger partial charge on any atom is -0.337 e. The molecule has 2 aromatic carbocycles. The highest BCUT2D eigenvalue weighted by Gasteiger charge is 2.14. The summed E-state index contributed by atoms with van der Waals surface area (Å²) in [5.41, 5.74) is 1.29. The van der Waals surface area contributed by atoms with E-state index in [1.807, 2.05) is 49.1 Å². The molecule has 0 amide bonds. The van der Waals surface area contributed by atoms with Crippen LogP contribution in [0.3, 0.4) is 0 Å². The summed E-state index contributed by atoms with van der Waals surface area (Å²) < 4.78 is 2.11. The maximum Gasteiger partial charge on any atom is 0.0945 e. The predicted molar refractivity (Wildman–Crippen MR) is 113 cm³/mol. The second-order valence-electron chi connectivity index (χ2n) is 6.07. The Hall–Kier alpha value is -1.13. The third-order valence-corrected chi connectivity index (χ3v) is 6.45. The summed E-state index contributed by atoms with van der Waals surface area (Å²) in [5.74, 6) is 0. The fraction of sp³-hybridized carbons (Fsp3) is 0.250. The molecule has 3 aromatic rings. The first-order valence-electron chi connectivity index (χ1n) is 8.42. The molecule has 0 bridgehead atoms. The zero-order valence-corrected chi connectivity index (χ0v) is 17.2. The minimum atomic E-state index is 0.420. The van der Waals surface area contributed by atoms with Crippen LogP contribution in [0, 0.1) is 0 Å². The second-order valence-corrected chi connectivity index (χ2v) is 8.69. The molecule has 136 valence electrons. The van der Waals surface area contributed by atoms with Crippen LogP contribution >= 0.6 is 46.6 Å². The smallest absolute Gasteiger partial charge is 0.0945 e. The molecule has 0 radical (unpaired) electrons. The number of benzene rings is 2. The van der Waals surface area contributed by atoms with Gasteiger partial charge in [0.05, 0.1) is 11.3 Å². The molecule has 3 rings (SSSR count). The van der Waals surface area contributed by atoms with E-state index >= 15 is 0 Å². The van der Waals surface area contributed by atoms with Crippen molar-refractivity contribution in [3.63, 3.8) is 0 Å². The summed E-state index contributed by atoms with van der Waals surface area (Å²) >= 11 is 20.3. The Morgan fingerprint density at radius 2 is 1.73 bits per heavy atom. The molecule has 0 aliphatic heterocycles. The van der Waals surface area contributed by atoms with Gasteiger partial charge in [0, 0.05) is 39.1 Å². The fourth-order valence-corrected chi connectivity index (χ4v) is 4.51. The van der Waals surface area contributed by atoms with Crippen LogP contribution in [0.5, 0.6) is 0 Å². The standard InChI is InChI=1S/C20H19Cl3N2S/c21-16-4-1-15(2-5-16)3-7-18(9-11-25-12-10-24-14-25)26-20-13-17(22)6-8-19(20)23/h1-2,4-6,8,10,12-14,18H,3,7,9,11H2. The predicted octanol–water partition coefficient (Wildman–Crippen LogP) is 7.03. The van der Waals surface area contributed by atoms with Crippen molar-refractivity contribution in [2.75, 3.05) is 0 Å². The SMILES string of the molecule is Clc1ccc(CCC(CCn2ccnc2)Sc2cc(Cl)ccc2Cl)cc1.